The number of fused-ring (bicyclic) bond motifs is 1. The van der Waals surface area contributed by atoms with Crippen LogP contribution in [0.15, 0.2) is 48.7 Å². The summed E-state index contributed by atoms with van der Waals surface area (Å²) in [6, 6.07) is 14.8. The second kappa shape index (κ2) is 8.44. The van der Waals surface area contributed by atoms with Crippen molar-refractivity contribution in [3.63, 3.8) is 0 Å². The maximum Gasteiger partial charge on any atom is 0.227 e. The van der Waals surface area contributed by atoms with Crippen molar-refractivity contribution in [1.29, 1.82) is 0 Å². The van der Waals surface area contributed by atoms with Crippen molar-refractivity contribution < 1.29 is 4.79 Å². The molecule has 162 valence electrons. The monoisotopic (exact) mass is 417 g/mol. The fourth-order valence-electron chi connectivity index (χ4n) is 5.03. The SMILES string of the molecule is CN1CCCC(C(=O)N2CCN(C)CC2c2ncc(-c3ccc4ccccc4c3)[nH]2)C1. The highest BCUT2D eigenvalue weighted by atomic mass is 16.2. The number of likely N-dealkylation sites (N-methyl/N-ethyl adjacent to an activating group) is 1. The van der Waals surface area contributed by atoms with Gasteiger partial charge in [-0.25, -0.2) is 4.98 Å². The number of piperazine rings is 1. The van der Waals surface area contributed by atoms with Gasteiger partial charge in [-0.2, -0.15) is 0 Å². The highest BCUT2D eigenvalue weighted by molar-refractivity contribution is 5.86. The summed E-state index contributed by atoms with van der Waals surface area (Å²) in [4.78, 5) is 28.4. The first-order valence-electron chi connectivity index (χ1n) is 11.3. The topological polar surface area (TPSA) is 55.5 Å². The Kier molecular flexibility index (Phi) is 5.50. The van der Waals surface area contributed by atoms with Crippen LogP contribution in [0.1, 0.15) is 24.7 Å². The Bertz CT molecular complexity index is 1080. The van der Waals surface area contributed by atoms with Crippen molar-refractivity contribution in [1.82, 2.24) is 24.7 Å². The zero-order valence-electron chi connectivity index (χ0n) is 18.4. The molecule has 0 saturated carbocycles. The van der Waals surface area contributed by atoms with Gasteiger partial charge in [-0.15, -0.1) is 0 Å². The zero-order chi connectivity index (χ0) is 21.4. The van der Waals surface area contributed by atoms with Gasteiger partial charge in [0.1, 0.15) is 11.9 Å². The lowest BCUT2D eigenvalue weighted by molar-refractivity contribution is -0.142. The average Bonchev–Trinajstić information content (AvgIpc) is 3.28. The highest BCUT2D eigenvalue weighted by Gasteiger charge is 2.36. The maximum absolute atomic E-state index is 13.5. The Labute approximate surface area is 183 Å². The number of imidazole rings is 1. The van der Waals surface area contributed by atoms with Gasteiger partial charge < -0.3 is 19.7 Å². The third-order valence-electron chi connectivity index (χ3n) is 6.81. The van der Waals surface area contributed by atoms with Crippen LogP contribution in [0.4, 0.5) is 0 Å². The number of hydrogen-bond donors (Lipinski definition) is 1. The molecule has 2 atom stereocenters. The first-order valence-corrected chi connectivity index (χ1v) is 11.3. The molecule has 1 N–H and O–H groups in total. The summed E-state index contributed by atoms with van der Waals surface area (Å²) in [5, 5.41) is 2.45. The third kappa shape index (κ3) is 4.10. The van der Waals surface area contributed by atoms with Crippen molar-refractivity contribution in [3.05, 3.63) is 54.5 Å². The largest absolute Gasteiger partial charge is 0.340 e. The molecule has 2 saturated heterocycles. The number of likely N-dealkylation sites (tertiary alicyclic amines) is 1. The van der Waals surface area contributed by atoms with Gasteiger partial charge in [0, 0.05) is 31.7 Å². The van der Waals surface area contributed by atoms with Crippen molar-refractivity contribution in [2.24, 2.45) is 5.92 Å². The normalized spacial score (nSPS) is 23.4. The van der Waals surface area contributed by atoms with Crippen molar-refractivity contribution in [3.8, 4) is 11.3 Å². The van der Waals surface area contributed by atoms with Gasteiger partial charge in [-0.1, -0.05) is 36.4 Å². The standard InChI is InChI=1S/C25H31N5O/c1-28-11-5-8-21(16-28)25(31)30-13-12-29(2)17-23(30)24-26-15-22(27-24)20-10-9-18-6-3-4-7-19(18)14-20/h3-4,6-7,9-10,14-15,21,23H,5,8,11-13,16-17H2,1-2H3,(H,26,27). The second-order valence-electron chi connectivity index (χ2n) is 9.16. The van der Waals surface area contributed by atoms with Crippen LogP contribution in [0.5, 0.6) is 0 Å². The molecule has 31 heavy (non-hydrogen) atoms. The molecule has 2 aliphatic heterocycles. The molecule has 3 aromatic rings. The van der Waals surface area contributed by atoms with Crippen LogP contribution >= 0.6 is 0 Å². The van der Waals surface area contributed by atoms with Crippen LogP contribution in [-0.4, -0.2) is 77.4 Å². The van der Waals surface area contributed by atoms with Gasteiger partial charge in [0.25, 0.3) is 0 Å². The minimum atomic E-state index is -0.0345. The molecular weight excluding hydrogens is 386 g/mol. The number of amides is 1. The molecule has 3 heterocycles. The summed E-state index contributed by atoms with van der Waals surface area (Å²) in [5.41, 5.74) is 2.12. The predicted molar refractivity (Wildman–Crippen MR) is 124 cm³/mol. The van der Waals surface area contributed by atoms with E-state index in [-0.39, 0.29) is 17.9 Å². The fraction of sp³-hybridized carbons (Fsp3) is 0.440. The van der Waals surface area contributed by atoms with Gasteiger partial charge in [-0.3, -0.25) is 4.79 Å². The third-order valence-corrected chi connectivity index (χ3v) is 6.81. The summed E-state index contributed by atoms with van der Waals surface area (Å²) >= 11 is 0. The molecular formula is C25H31N5O. The number of rotatable bonds is 3. The van der Waals surface area contributed by atoms with E-state index in [4.69, 9.17) is 4.98 Å². The molecule has 2 fully saturated rings. The molecule has 5 rings (SSSR count). The van der Waals surface area contributed by atoms with E-state index < -0.39 is 0 Å². The number of nitrogens with zero attached hydrogens (tertiary/aromatic N) is 4. The van der Waals surface area contributed by atoms with E-state index in [0.717, 1.165) is 62.6 Å². The Morgan fingerprint density at radius 2 is 1.81 bits per heavy atom. The molecule has 1 aromatic heterocycles. The average molecular weight is 418 g/mol. The van der Waals surface area contributed by atoms with Crippen molar-refractivity contribution in [2.45, 2.75) is 18.9 Å². The Balaban J connectivity index is 1.41. The Hall–Kier alpha value is -2.70. The van der Waals surface area contributed by atoms with E-state index in [0.29, 0.717) is 0 Å². The second-order valence-corrected chi connectivity index (χ2v) is 9.16. The summed E-state index contributed by atoms with van der Waals surface area (Å²) in [6.07, 6.45) is 3.99. The fourth-order valence-corrected chi connectivity index (χ4v) is 5.03. The van der Waals surface area contributed by atoms with Gasteiger partial charge in [0.05, 0.1) is 17.8 Å². The number of carbonyl (C=O) groups excluding carboxylic acids is 1. The van der Waals surface area contributed by atoms with Crippen LogP contribution in [0.3, 0.4) is 0 Å². The lowest BCUT2D eigenvalue weighted by atomic mass is 9.95. The van der Waals surface area contributed by atoms with E-state index in [1.165, 1.54) is 10.8 Å². The lowest BCUT2D eigenvalue weighted by Crippen LogP contribution is -2.53. The predicted octanol–water partition coefficient (Wildman–Crippen LogP) is 3.39. The molecule has 1 amide bonds. The van der Waals surface area contributed by atoms with E-state index in [1.54, 1.807) is 0 Å². The molecule has 6 heteroatoms. The number of benzene rings is 2. The summed E-state index contributed by atoms with van der Waals surface area (Å²) in [6.45, 7) is 4.41. The molecule has 2 unspecified atom stereocenters. The van der Waals surface area contributed by atoms with Crippen LogP contribution in [0.25, 0.3) is 22.0 Å². The summed E-state index contributed by atoms with van der Waals surface area (Å²) < 4.78 is 0. The quantitative estimate of drug-likeness (QED) is 0.710. The highest BCUT2D eigenvalue weighted by Crippen LogP contribution is 2.30. The van der Waals surface area contributed by atoms with Crippen LogP contribution < -0.4 is 0 Å². The van der Waals surface area contributed by atoms with Crippen molar-refractivity contribution in [2.75, 3.05) is 46.8 Å². The number of H-pyrrole nitrogens is 1. The number of hydrogen-bond acceptors (Lipinski definition) is 4. The van der Waals surface area contributed by atoms with E-state index in [2.05, 4.69) is 76.2 Å². The van der Waals surface area contributed by atoms with Crippen LogP contribution in [-0.2, 0) is 4.79 Å². The van der Waals surface area contributed by atoms with Gasteiger partial charge >= 0.3 is 0 Å². The van der Waals surface area contributed by atoms with Gasteiger partial charge in [-0.05, 0) is 50.3 Å². The Morgan fingerprint density at radius 1 is 1.00 bits per heavy atom. The smallest absolute Gasteiger partial charge is 0.227 e. The van der Waals surface area contributed by atoms with E-state index >= 15 is 0 Å². The molecule has 6 nitrogen and oxygen atoms in total. The van der Waals surface area contributed by atoms with E-state index in [1.807, 2.05) is 6.20 Å². The Morgan fingerprint density at radius 3 is 2.65 bits per heavy atom. The number of carbonyl (C=O) groups is 1. The molecule has 2 aromatic carbocycles. The molecule has 2 aliphatic rings. The van der Waals surface area contributed by atoms with Gasteiger partial charge in [0.2, 0.25) is 5.91 Å². The lowest BCUT2D eigenvalue weighted by Gasteiger charge is -2.42. The molecule has 0 spiro atoms. The number of aromatic nitrogens is 2. The number of piperidine rings is 1. The number of nitrogens with one attached hydrogen (secondary N) is 1. The first-order chi connectivity index (χ1) is 15.1. The van der Waals surface area contributed by atoms with Gasteiger partial charge in [0.15, 0.2) is 0 Å². The van der Waals surface area contributed by atoms with Crippen LogP contribution in [0, 0.1) is 5.92 Å². The first kappa shape index (κ1) is 20.2. The zero-order valence-corrected chi connectivity index (χ0v) is 18.4. The summed E-state index contributed by atoms with van der Waals surface area (Å²) in [7, 11) is 4.24. The summed E-state index contributed by atoms with van der Waals surface area (Å²) in [5.74, 6) is 1.26. The molecule has 0 aliphatic carbocycles. The number of aromatic amines is 1. The van der Waals surface area contributed by atoms with Crippen LogP contribution in [0.2, 0.25) is 0 Å². The minimum absolute atomic E-state index is 0.0345. The molecule has 0 radical (unpaired) electrons. The maximum atomic E-state index is 13.5. The minimum Gasteiger partial charge on any atom is -0.340 e. The molecule has 0 bridgehead atoms. The van der Waals surface area contributed by atoms with E-state index in [9.17, 15) is 4.79 Å². The van der Waals surface area contributed by atoms with Crippen molar-refractivity contribution >= 4 is 16.7 Å².